The first-order valence-electron chi connectivity index (χ1n) is 8.40. The molecule has 1 aromatic heterocycles. The van der Waals surface area contributed by atoms with Crippen molar-refractivity contribution in [3.63, 3.8) is 0 Å². The fraction of sp³-hybridized carbons (Fsp3) is 0.500. The number of benzene rings is 1. The van der Waals surface area contributed by atoms with Crippen molar-refractivity contribution in [3.8, 4) is 0 Å². The molecule has 0 saturated heterocycles. The topological polar surface area (TPSA) is 66.1 Å². The number of hydrogen-bond acceptors (Lipinski definition) is 4. The van der Waals surface area contributed by atoms with E-state index in [4.69, 9.17) is 16.3 Å². The van der Waals surface area contributed by atoms with Gasteiger partial charge in [0.1, 0.15) is 17.5 Å². The quantitative estimate of drug-likeness (QED) is 0.786. The third-order valence-electron chi connectivity index (χ3n) is 4.03. The Hall–Kier alpha value is -2.08. The van der Waals surface area contributed by atoms with Crippen molar-refractivity contribution in [1.29, 1.82) is 0 Å². The number of carbonyl (C=O) groups is 1. The van der Waals surface area contributed by atoms with Gasteiger partial charge in [-0.25, -0.2) is 14.3 Å². The second kappa shape index (κ2) is 6.67. The lowest BCUT2D eigenvalue weighted by Gasteiger charge is -2.26. The molecule has 6 nitrogen and oxygen atoms in total. The summed E-state index contributed by atoms with van der Waals surface area (Å²) >= 11 is 6.00. The zero-order chi connectivity index (χ0) is 18.2. The molecule has 7 heteroatoms. The summed E-state index contributed by atoms with van der Waals surface area (Å²) in [5.74, 6) is 0.256. The van der Waals surface area contributed by atoms with Gasteiger partial charge >= 0.3 is 11.7 Å². The van der Waals surface area contributed by atoms with Crippen molar-refractivity contribution >= 4 is 17.6 Å². The summed E-state index contributed by atoms with van der Waals surface area (Å²) in [5.41, 5.74) is 0.0131. The fourth-order valence-electron chi connectivity index (χ4n) is 3.04. The molecule has 1 aliphatic rings. The molecule has 0 saturated carbocycles. The van der Waals surface area contributed by atoms with Crippen molar-refractivity contribution in [2.24, 2.45) is 0 Å². The van der Waals surface area contributed by atoms with E-state index < -0.39 is 11.6 Å². The second-order valence-electron chi connectivity index (χ2n) is 7.30. The zero-order valence-electron chi connectivity index (χ0n) is 14.7. The highest BCUT2D eigenvalue weighted by Crippen LogP contribution is 2.25. The lowest BCUT2D eigenvalue weighted by molar-refractivity contribution is -0.159. The van der Waals surface area contributed by atoms with Crippen LogP contribution in [0.4, 0.5) is 0 Å². The lowest BCUT2D eigenvalue weighted by Crippen LogP contribution is -2.38. The Bertz CT molecular complexity index is 848. The predicted molar refractivity (Wildman–Crippen MR) is 94.9 cm³/mol. The Balaban J connectivity index is 1.91. The number of aromatic nitrogens is 3. The number of rotatable bonds is 3. The van der Waals surface area contributed by atoms with Gasteiger partial charge in [0.25, 0.3) is 0 Å². The van der Waals surface area contributed by atoms with Gasteiger partial charge in [-0.05, 0) is 51.3 Å². The molecule has 1 aromatic carbocycles. The zero-order valence-corrected chi connectivity index (χ0v) is 15.4. The summed E-state index contributed by atoms with van der Waals surface area (Å²) in [6, 6.07) is 6.70. The molecule has 1 aliphatic heterocycles. The van der Waals surface area contributed by atoms with E-state index in [1.807, 2.05) is 32.9 Å². The van der Waals surface area contributed by atoms with Crippen molar-refractivity contribution in [3.05, 3.63) is 51.2 Å². The normalized spacial score (nSPS) is 17.2. The van der Waals surface area contributed by atoms with Crippen molar-refractivity contribution in [1.82, 2.24) is 14.3 Å². The molecule has 0 aliphatic carbocycles. The largest absolute Gasteiger partial charge is 0.458 e. The van der Waals surface area contributed by atoms with E-state index >= 15 is 0 Å². The van der Waals surface area contributed by atoms with Gasteiger partial charge in [0.05, 0.1) is 6.54 Å². The van der Waals surface area contributed by atoms with Crippen LogP contribution in [0.15, 0.2) is 29.1 Å². The molecule has 1 atom stereocenters. The maximum atomic E-state index is 12.8. The van der Waals surface area contributed by atoms with Crippen LogP contribution >= 0.6 is 11.6 Å². The summed E-state index contributed by atoms with van der Waals surface area (Å²) in [7, 11) is 0. The number of aryl methyl sites for hydroxylation is 1. The van der Waals surface area contributed by atoms with E-state index in [1.165, 1.54) is 9.25 Å². The van der Waals surface area contributed by atoms with Crippen LogP contribution in [0.1, 0.15) is 51.0 Å². The van der Waals surface area contributed by atoms with Crippen LogP contribution in [0.2, 0.25) is 5.02 Å². The molecule has 0 fully saturated rings. The van der Waals surface area contributed by atoms with E-state index in [-0.39, 0.29) is 11.7 Å². The minimum Gasteiger partial charge on any atom is -0.458 e. The van der Waals surface area contributed by atoms with Crippen molar-refractivity contribution in [2.45, 2.75) is 58.2 Å². The van der Waals surface area contributed by atoms with E-state index in [0.717, 1.165) is 12.0 Å². The summed E-state index contributed by atoms with van der Waals surface area (Å²) in [5, 5.41) is 5.03. The molecule has 134 valence electrons. The molecule has 2 aromatic rings. The molecule has 0 radical (unpaired) electrons. The van der Waals surface area contributed by atoms with Crippen LogP contribution in [0.25, 0.3) is 0 Å². The van der Waals surface area contributed by atoms with Gasteiger partial charge in [-0.15, -0.1) is 0 Å². The van der Waals surface area contributed by atoms with Gasteiger partial charge in [-0.3, -0.25) is 4.57 Å². The lowest BCUT2D eigenvalue weighted by atomic mass is 10.0. The highest BCUT2D eigenvalue weighted by atomic mass is 35.5. The van der Waals surface area contributed by atoms with Crippen molar-refractivity contribution < 1.29 is 9.53 Å². The Labute approximate surface area is 151 Å². The maximum Gasteiger partial charge on any atom is 0.347 e. The summed E-state index contributed by atoms with van der Waals surface area (Å²) in [4.78, 5) is 25.3. The molecule has 25 heavy (non-hydrogen) atoms. The van der Waals surface area contributed by atoms with Gasteiger partial charge in [0.2, 0.25) is 0 Å². The smallest absolute Gasteiger partial charge is 0.347 e. The minimum absolute atomic E-state index is 0.287. The van der Waals surface area contributed by atoms with Gasteiger partial charge in [0, 0.05) is 11.4 Å². The Morgan fingerprint density at radius 2 is 2.16 bits per heavy atom. The van der Waals surface area contributed by atoms with Gasteiger partial charge in [0.15, 0.2) is 0 Å². The summed E-state index contributed by atoms with van der Waals surface area (Å²) in [6.07, 6.45) is 2.07. The number of hydrogen-bond donors (Lipinski definition) is 0. The highest BCUT2D eigenvalue weighted by molar-refractivity contribution is 6.30. The van der Waals surface area contributed by atoms with Crippen LogP contribution in [0, 0.1) is 0 Å². The van der Waals surface area contributed by atoms with Crippen LogP contribution in [0.3, 0.4) is 0 Å². The maximum absolute atomic E-state index is 12.8. The Morgan fingerprint density at radius 3 is 2.84 bits per heavy atom. The van der Waals surface area contributed by atoms with Gasteiger partial charge < -0.3 is 4.74 Å². The molecule has 3 rings (SSSR count). The van der Waals surface area contributed by atoms with Gasteiger partial charge in [-0.1, -0.05) is 23.7 Å². The molecule has 0 spiro atoms. The fourth-order valence-corrected chi connectivity index (χ4v) is 3.25. The highest BCUT2D eigenvalue weighted by Gasteiger charge is 2.33. The standard InChI is InChI=1S/C18H22ClN3O3/c1-18(2,3)25-16(23)14-8-5-9-15-20-21(17(24)22(14)15)11-12-6-4-7-13(19)10-12/h4,6-7,10,14H,5,8-9,11H2,1-3H3. The number of carbonyl (C=O) groups excluding carboxylic acids is 1. The number of esters is 1. The van der Waals surface area contributed by atoms with Gasteiger partial charge in [-0.2, -0.15) is 5.10 Å². The SMILES string of the molecule is CC(C)(C)OC(=O)C1CCCc2nn(Cc3cccc(Cl)c3)c(=O)n21. The number of halogens is 1. The summed E-state index contributed by atoms with van der Waals surface area (Å²) in [6.45, 7) is 5.78. The van der Waals surface area contributed by atoms with Crippen LogP contribution in [0.5, 0.6) is 0 Å². The third kappa shape index (κ3) is 3.95. The first-order chi connectivity index (χ1) is 11.7. The van der Waals surface area contributed by atoms with Crippen molar-refractivity contribution in [2.75, 3.05) is 0 Å². The molecular weight excluding hydrogens is 342 g/mol. The first-order valence-corrected chi connectivity index (χ1v) is 8.78. The molecule has 0 amide bonds. The predicted octanol–water partition coefficient (Wildman–Crippen LogP) is 2.97. The minimum atomic E-state index is -0.608. The molecule has 2 heterocycles. The number of nitrogens with zero attached hydrogens (tertiary/aromatic N) is 3. The van der Waals surface area contributed by atoms with Crippen LogP contribution in [-0.2, 0) is 22.5 Å². The van der Waals surface area contributed by atoms with E-state index in [9.17, 15) is 9.59 Å². The molecule has 1 unspecified atom stereocenters. The average Bonchev–Trinajstić information content (AvgIpc) is 2.82. The number of fused-ring (bicyclic) bond motifs is 1. The Kier molecular flexibility index (Phi) is 4.73. The van der Waals surface area contributed by atoms with Crippen LogP contribution in [-0.4, -0.2) is 25.9 Å². The second-order valence-corrected chi connectivity index (χ2v) is 7.73. The summed E-state index contributed by atoms with van der Waals surface area (Å²) < 4.78 is 8.36. The van der Waals surface area contributed by atoms with E-state index in [1.54, 1.807) is 12.1 Å². The van der Waals surface area contributed by atoms with Crippen LogP contribution < -0.4 is 5.69 Å². The number of ether oxygens (including phenoxy) is 1. The third-order valence-corrected chi connectivity index (χ3v) is 4.27. The molecule has 0 N–H and O–H groups in total. The average molecular weight is 364 g/mol. The molecule has 0 bridgehead atoms. The van der Waals surface area contributed by atoms with E-state index in [0.29, 0.717) is 30.2 Å². The first kappa shape index (κ1) is 17.7. The molecular formula is C18H22ClN3O3. The monoisotopic (exact) mass is 363 g/mol. The Morgan fingerprint density at radius 1 is 1.40 bits per heavy atom. The van der Waals surface area contributed by atoms with E-state index in [2.05, 4.69) is 5.10 Å².